The number of nitrogens with one attached hydrogen (secondary N) is 1. The number of carbonyl (C=O) groups is 1. The second kappa shape index (κ2) is 5.73. The van der Waals surface area contributed by atoms with Gasteiger partial charge in [0, 0.05) is 37.7 Å². The monoisotopic (exact) mass is 268 g/mol. The highest BCUT2D eigenvalue weighted by atomic mass is 16.1. The molecule has 0 saturated carbocycles. The van der Waals surface area contributed by atoms with Crippen LogP contribution in [-0.4, -0.2) is 43.4 Å². The van der Waals surface area contributed by atoms with Crippen molar-refractivity contribution in [2.24, 2.45) is 0 Å². The molecule has 1 heterocycles. The highest BCUT2D eigenvalue weighted by molar-refractivity contribution is 6.00. The molecule has 0 aromatic heterocycles. The van der Waals surface area contributed by atoms with Gasteiger partial charge in [-0.05, 0) is 23.9 Å². The summed E-state index contributed by atoms with van der Waals surface area (Å²) < 4.78 is 0. The number of likely N-dealkylation sites (N-methyl/N-ethyl adjacent to an activating group) is 1. The molecule has 1 aliphatic rings. The van der Waals surface area contributed by atoms with Crippen LogP contribution >= 0.6 is 0 Å². The summed E-state index contributed by atoms with van der Waals surface area (Å²) >= 11 is 0. The van der Waals surface area contributed by atoms with Gasteiger partial charge in [-0.3, -0.25) is 4.79 Å². The van der Waals surface area contributed by atoms with E-state index in [1.54, 1.807) is 0 Å². The maximum absolute atomic E-state index is 12.4. The van der Waals surface area contributed by atoms with E-state index in [0.717, 1.165) is 30.6 Å². The normalized spacial score (nSPS) is 20.1. The van der Waals surface area contributed by atoms with Crippen LogP contribution in [0.1, 0.15) is 16.8 Å². The molecule has 0 bridgehead atoms. The number of nitrogens with zero attached hydrogens (tertiary/aromatic N) is 1. The first-order valence-corrected chi connectivity index (χ1v) is 7.17. The molecule has 1 aliphatic heterocycles. The Balaban J connectivity index is 1.78. The average Bonchev–Trinajstić information content (AvgIpc) is 2.49. The molecule has 3 nitrogen and oxygen atoms in total. The summed E-state index contributed by atoms with van der Waals surface area (Å²) in [7, 11) is 2.10. The Morgan fingerprint density at radius 2 is 2.05 bits per heavy atom. The molecule has 2 aromatic rings. The van der Waals surface area contributed by atoms with Crippen LogP contribution in [0.5, 0.6) is 0 Å². The Morgan fingerprint density at radius 3 is 2.85 bits per heavy atom. The van der Waals surface area contributed by atoms with Crippen molar-refractivity contribution < 1.29 is 4.79 Å². The van der Waals surface area contributed by atoms with Crippen LogP contribution in [0.3, 0.4) is 0 Å². The lowest BCUT2D eigenvalue weighted by Gasteiger charge is -2.32. The standard InChI is InChI=1S/C17H20N2O/c1-19-9-8-18-12-16(19)11-17(20)15-7-6-13-4-2-3-5-14(13)10-15/h2-7,10,16,18H,8-9,11-12H2,1H3. The average molecular weight is 268 g/mol. The molecule has 1 atom stereocenters. The molecule has 3 rings (SSSR count). The predicted molar refractivity (Wildman–Crippen MR) is 82.2 cm³/mol. The summed E-state index contributed by atoms with van der Waals surface area (Å²) in [6.07, 6.45) is 0.585. The number of Topliss-reactive ketones (excluding diaryl/α,β-unsaturated/α-hetero) is 1. The molecule has 0 amide bonds. The Kier molecular flexibility index (Phi) is 3.81. The minimum atomic E-state index is 0.233. The van der Waals surface area contributed by atoms with Crippen LogP contribution in [0.25, 0.3) is 10.8 Å². The van der Waals surface area contributed by atoms with E-state index >= 15 is 0 Å². The van der Waals surface area contributed by atoms with Gasteiger partial charge in [-0.2, -0.15) is 0 Å². The van der Waals surface area contributed by atoms with Crippen molar-refractivity contribution in [1.82, 2.24) is 10.2 Å². The van der Waals surface area contributed by atoms with E-state index in [1.165, 1.54) is 5.39 Å². The SMILES string of the molecule is CN1CCNCC1CC(=O)c1ccc2ccccc2c1. The van der Waals surface area contributed by atoms with Crippen molar-refractivity contribution in [1.29, 1.82) is 0 Å². The predicted octanol–water partition coefficient (Wildman–Crippen LogP) is 2.32. The largest absolute Gasteiger partial charge is 0.314 e. The molecule has 0 spiro atoms. The molecular formula is C17H20N2O. The first-order valence-electron chi connectivity index (χ1n) is 7.17. The van der Waals surface area contributed by atoms with E-state index in [4.69, 9.17) is 0 Å². The van der Waals surface area contributed by atoms with Gasteiger partial charge in [-0.25, -0.2) is 0 Å². The van der Waals surface area contributed by atoms with Crippen LogP contribution in [-0.2, 0) is 0 Å². The topological polar surface area (TPSA) is 32.3 Å². The number of fused-ring (bicyclic) bond motifs is 1. The summed E-state index contributed by atoms with van der Waals surface area (Å²) in [6, 6.07) is 14.5. The minimum Gasteiger partial charge on any atom is -0.314 e. The second-order valence-electron chi connectivity index (χ2n) is 5.53. The highest BCUT2D eigenvalue weighted by Crippen LogP contribution is 2.18. The van der Waals surface area contributed by atoms with E-state index in [1.807, 2.05) is 30.3 Å². The van der Waals surface area contributed by atoms with E-state index < -0.39 is 0 Å². The highest BCUT2D eigenvalue weighted by Gasteiger charge is 2.22. The Bertz CT molecular complexity index is 623. The van der Waals surface area contributed by atoms with Gasteiger partial charge in [-0.15, -0.1) is 0 Å². The zero-order valence-electron chi connectivity index (χ0n) is 11.8. The Hall–Kier alpha value is -1.71. The zero-order chi connectivity index (χ0) is 13.9. The Labute approximate surface area is 119 Å². The number of benzene rings is 2. The first-order chi connectivity index (χ1) is 9.74. The smallest absolute Gasteiger partial charge is 0.164 e. The zero-order valence-corrected chi connectivity index (χ0v) is 11.8. The van der Waals surface area contributed by atoms with Crippen LogP contribution in [0.4, 0.5) is 0 Å². The lowest BCUT2D eigenvalue weighted by Crippen LogP contribution is -2.49. The maximum atomic E-state index is 12.4. The van der Waals surface area contributed by atoms with Gasteiger partial charge in [-0.1, -0.05) is 36.4 Å². The maximum Gasteiger partial charge on any atom is 0.164 e. The van der Waals surface area contributed by atoms with Crippen LogP contribution in [0, 0.1) is 0 Å². The quantitative estimate of drug-likeness (QED) is 0.867. The lowest BCUT2D eigenvalue weighted by molar-refractivity contribution is 0.0917. The third kappa shape index (κ3) is 2.74. The van der Waals surface area contributed by atoms with E-state index in [9.17, 15) is 4.79 Å². The summed E-state index contributed by atoms with van der Waals surface area (Å²) in [5.74, 6) is 0.233. The molecule has 3 heteroatoms. The van der Waals surface area contributed by atoms with Crippen molar-refractivity contribution in [3.05, 3.63) is 48.0 Å². The molecule has 1 N–H and O–H groups in total. The molecule has 0 radical (unpaired) electrons. The molecule has 104 valence electrons. The van der Waals surface area contributed by atoms with Crippen LogP contribution in [0.2, 0.25) is 0 Å². The molecule has 1 fully saturated rings. The summed E-state index contributed by atoms with van der Waals surface area (Å²) in [4.78, 5) is 14.7. The second-order valence-corrected chi connectivity index (χ2v) is 5.53. The van der Waals surface area contributed by atoms with Gasteiger partial charge in [0.2, 0.25) is 0 Å². The van der Waals surface area contributed by atoms with Crippen molar-refractivity contribution in [3.8, 4) is 0 Å². The summed E-state index contributed by atoms with van der Waals surface area (Å²) in [5.41, 5.74) is 0.822. The number of ketones is 1. The van der Waals surface area contributed by atoms with E-state index in [-0.39, 0.29) is 5.78 Å². The fourth-order valence-corrected chi connectivity index (χ4v) is 2.79. The third-order valence-corrected chi connectivity index (χ3v) is 4.14. The molecule has 20 heavy (non-hydrogen) atoms. The molecule has 1 unspecified atom stereocenters. The molecule has 1 saturated heterocycles. The summed E-state index contributed by atoms with van der Waals surface area (Å²) in [5, 5.41) is 5.67. The summed E-state index contributed by atoms with van der Waals surface area (Å²) in [6.45, 7) is 2.92. The van der Waals surface area contributed by atoms with Crippen LogP contribution in [0.15, 0.2) is 42.5 Å². The van der Waals surface area contributed by atoms with Gasteiger partial charge >= 0.3 is 0 Å². The Morgan fingerprint density at radius 1 is 1.25 bits per heavy atom. The van der Waals surface area contributed by atoms with E-state index in [0.29, 0.717) is 12.5 Å². The molecule has 2 aromatic carbocycles. The third-order valence-electron chi connectivity index (χ3n) is 4.14. The molecule has 0 aliphatic carbocycles. The minimum absolute atomic E-state index is 0.233. The van der Waals surface area contributed by atoms with Gasteiger partial charge in [0.1, 0.15) is 0 Å². The number of piperazine rings is 1. The number of hydrogen-bond donors (Lipinski definition) is 1. The number of carbonyl (C=O) groups excluding carboxylic acids is 1. The van der Waals surface area contributed by atoms with Gasteiger partial charge < -0.3 is 10.2 Å². The van der Waals surface area contributed by atoms with Gasteiger partial charge in [0.25, 0.3) is 0 Å². The van der Waals surface area contributed by atoms with Crippen LogP contribution < -0.4 is 5.32 Å². The van der Waals surface area contributed by atoms with Crippen molar-refractivity contribution in [3.63, 3.8) is 0 Å². The van der Waals surface area contributed by atoms with Gasteiger partial charge in [0.15, 0.2) is 5.78 Å². The van der Waals surface area contributed by atoms with Crippen molar-refractivity contribution in [2.75, 3.05) is 26.7 Å². The van der Waals surface area contributed by atoms with Crippen molar-refractivity contribution >= 4 is 16.6 Å². The van der Waals surface area contributed by atoms with Crippen molar-refractivity contribution in [2.45, 2.75) is 12.5 Å². The molecular weight excluding hydrogens is 248 g/mol. The number of rotatable bonds is 3. The fraction of sp³-hybridized carbons (Fsp3) is 0.353. The lowest BCUT2D eigenvalue weighted by atomic mass is 9.99. The fourth-order valence-electron chi connectivity index (χ4n) is 2.79. The first kappa shape index (κ1) is 13.3. The van der Waals surface area contributed by atoms with E-state index in [2.05, 4.69) is 29.4 Å². The number of hydrogen-bond acceptors (Lipinski definition) is 3. The van der Waals surface area contributed by atoms with Gasteiger partial charge in [0.05, 0.1) is 0 Å².